The lowest BCUT2D eigenvalue weighted by Crippen LogP contribution is -2.10. The quantitative estimate of drug-likeness (QED) is 0.195. The lowest BCUT2D eigenvalue weighted by molar-refractivity contribution is -0.111. The van der Waals surface area contributed by atoms with Gasteiger partial charge in [0.15, 0.2) is 0 Å². The molecule has 1 amide bonds. The Balaban J connectivity index is 1.88. The summed E-state index contributed by atoms with van der Waals surface area (Å²) < 4.78 is 7.78. The Labute approximate surface area is 220 Å². The summed E-state index contributed by atoms with van der Waals surface area (Å²) in [6, 6.07) is 12.1. The third-order valence-corrected chi connectivity index (χ3v) is 6.06. The van der Waals surface area contributed by atoms with Crippen LogP contribution in [0.15, 0.2) is 48.7 Å². The fourth-order valence-corrected chi connectivity index (χ4v) is 4.32. The maximum Gasteiger partial charge on any atom is 0.248 e. The predicted molar refractivity (Wildman–Crippen MR) is 149 cm³/mol. The Hall–Kier alpha value is -4.09. The number of aromatic nitrogens is 3. The minimum atomic E-state index is -0.332. The summed E-state index contributed by atoms with van der Waals surface area (Å²) in [7, 11) is 0. The highest BCUT2D eigenvalue weighted by molar-refractivity contribution is 6.19. The number of hydrogen-bond acceptors (Lipinski definition) is 6. The predicted octanol–water partition coefficient (Wildman–Crippen LogP) is 6.48. The number of hydrogen-bond donors (Lipinski definition) is 2. The van der Waals surface area contributed by atoms with E-state index in [1.807, 2.05) is 42.9 Å². The van der Waals surface area contributed by atoms with Gasteiger partial charge in [-0.15, -0.1) is 11.6 Å². The highest BCUT2D eigenvalue weighted by Gasteiger charge is 2.19. The van der Waals surface area contributed by atoms with E-state index in [2.05, 4.69) is 35.6 Å². The Kier molecular flexibility index (Phi) is 7.95. The first kappa shape index (κ1) is 26.0. The number of pyridine rings is 1. The second-order valence-corrected chi connectivity index (χ2v) is 9.01. The van der Waals surface area contributed by atoms with Gasteiger partial charge in [0.05, 0.1) is 46.5 Å². The molecule has 0 saturated carbocycles. The van der Waals surface area contributed by atoms with Crippen molar-refractivity contribution in [2.24, 2.45) is 0 Å². The third kappa shape index (κ3) is 5.37. The number of nitriles is 1. The Morgan fingerprint density at radius 1 is 1.27 bits per heavy atom. The zero-order chi connectivity index (χ0) is 26.5. The first-order valence-corrected chi connectivity index (χ1v) is 12.7. The van der Waals surface area contributed by atoms with Gasteiger partial charge in [0.1, 0.15) is 11.8 Å². The fraction of sp³-hybridized carbons (Fsp3) is 0.286. The van der Waals surface area contributed by atoms with Gasteiger partial charge < -0.3 is 15.4 Å². The number of aryl methyl sites for hydroxylation is 1. The summed E-state index contributed by atoms with van der Waals surface area (Å²) in [5.74, 6) is 0.393. The number of ether oxygens (including phenoxy) is 1. The highest BCUT2D eigenvalue weighted by Crippen LogP contribution is 2.38. The Bertz CT molecular complexity index is 1530. The summed E-state index contributed by atoms with van der Waals surface area (Å²) >= 11 is 5.68. The zero-order valence-corrected chi connectivity index (χ0v) is 22.1. The molecule has 37 heavy (non-hydrogen) atoms. The van der Waals surface area contributed by atoms with Crippen LogP contribution in [0.5, 0.6) is 5.75 Å². The van der Waals surface area contributed by atoms with E-state index >= 15 is 0 Å². The van der Waals surface area contributed by atoms with Gasteiger partial charge in [-0.3, -0.25) is 14.5 Å². The number of nitrogens with zero attached hydrogens (tertiary/aromatic N) is 4. The van der Waals surface area contributed by atoms with Crippen LogP contribution in [0, 0.1) is 11.3 Å². The van der Waals surface area contributed by atoms with Gasteiger partial charge in [0.25, 0.3) is 0 Å². The molecule has 0 aliphatic carbocycles. The monoisotopic (exact) mass is 516 g/mol. The molecule has 2 aromatic carbocycles. The van der Waals surface area contributed by atoms with Crippen LogP contribution in [0.1, 0.15) is 45.0 Å². The topological polar surface area (TPSA) is 105 Å². The number of fused-ring (bicyclic) bond motifs is 2. The molecule has 2 N–H and O–H groups in total. The van der Waals surface area contributed by atoms with E-state index in [1.165, 1.54) is 6.08 Å². The molecular formula is C28H29ClN6O2. The summed E-state index contributed by atoms with van der Waals surface area (Å²) in [5, 5.41) is 22.6. The summed E-state index contributed by atoms with van der Waals surface area (Å²) in [6.07, 6.45) is 5.35. The van der Waals surface area contributed by atoms with Gasteiger partial charge in [-0.25, -0.2) is 0 Å². The van der Waals surface area contributed by atoms with E-state index in [4.69, 9.17) is 21.3 Å². The van der Waals surface area contributed by atoms with Crippen molar-refractivity contribution < 1.29 is 9.53 Å². The maximum absolute atomic E-state index is 12.4. The number of rotatable bonds is 9. The average Bonchev–Trinajstić information content (AvgIpc) is 3.31. The first-order chi connectivity index (χ1) is 17.9. The van der Waals surface area contributed by atoms with Crippen molar-refractivity contribution in [2.45, 2.75) is 40.2 Å². The lowest BCUT2D eigenvalue weighted by Gasteiger charge is -2.18. The normalized spacial score (nSPS) is 11.4. The van der Waals surface area contributed by atoms with Crippen molar-refractivity contribution in [3.63, 3.8) is 0 Å². The van der Waals surface area contributed by atoms with Crippen LogP contribution in [-0.2, 0) is 11.2 Å². The fourth-order valence-electron chi connectivity index (χ4n) is 4.23. The molecule has 2 aromatic heterocycles. The van der Waals surface area contributed by atoms with Gasteiger partial charge in [0, 0.05) is 40.5 Å². The third-order valence-electron chi connectivity index (χ3n) is 5.88. The van der Waals surface area contributed by atoms with Crippen molar-refractivity contribution in [1.82, 2.24) is 14.8 Å². The summed E-state index contributed by atoms with van der Waals surface area (Å²) in [4.78, 5) is 17.2. The molecule has 0 unspecified atom stereocenters. The summed E-state index contributed by atoms with van der Waals surface area (Å²) in [5.41, 5.74) is 4.73. The molecule has 0 atom stereocenters. The van der Waals surface area contributed by atoms with Gasteiger partial charge in [0.2, 0.25) is 5.91 Å². The first-order valence-electron chi connectivity index (χ1n) is 12.2. The van der Waals surface area contributed by atoms with E-state index in [0.29, 0.717) is 52.3 Å². The van der Waals surface area contributed by atoms with E-state index in [-0.39, 0.29) is 17.8 Å². The number of alkyl halides is 1. The Morgan fingerprint density at radius 3 is 2.76 bits per heavy atom. The second-order valence-electron chi connectivity index (χ2n) is 8.70. The zero-order valence-electron chi connectivity index (χ0n) is 21.3. The molecule has 190 valence electrons. The van der Waals surface area contributed by atoms with Crippen molar-refractivity contribution in [3.05, 3.63) is 59.9 Å². The second kappa shape index (κ2) is 11.3. The molecule has 4 aromatic rings. The Morgan fingerprint density at radius 2 is 2.08 bits per heavy atom. The smallest absolute Gasteiger partial charge is 0.248 e. The average molecular weight is 517 g/mol. The van der Waals surface area contributed by atoms with Crippen LogP contribution in [0.2, 0.25) is 0 Å². The number of anilines is 3. The number of allylic oxidation sites excluding steroid dienone is 1. The molecule has 0 aliphatic rings. The molecule has 0 bridgehead atoms. The molecule has 0 radical (unpaired) electrons. The van der Waals surface area contributed by atoms with E-state index < -0.39 is 0 Å². The standard InChI is InChI=1S/C28H29ClN6O2/c1-5-22-21(15-30)28(32-19-9-10-25-18(12-19)16-31-35(25)17(3)4)20-13-24(34-27(36)8-7-11-29)26(37-6-2)14-23(20)33-22/h7-10,12-14,16-17H,5-6,11H2,1-4H3,(H,32,33)(H,34,36)/b8-7+. The minimum absolute atomic E-state index is 0.229. The number of benzene rings is 2. The van der Waals surface area contributed by atoms with Crippen LogP contribution in [-0.4, -0.2) is 33.2 Å². The van der Waals surface area contributed by atoms with Gasteiger partial charge in [-0.2, -0.15) is 10.4 Å². The van der Waals surface area contributed by atoms with Crippen LogP contribution in [0.3, 0.4) is 0 Å². The van der Waals surface area contributed by atoms with E-state index in [9.17, 15) is 10.1 Å². The number of carbonyl (C=O) groups is 1. The lowest BCUT2D eigenvalue weighted by atomic mass is 10.0. The molecule has 0 aliphatic heterocycles. The molecule has 0 saturated heterocycles. The molecule has 9 heteroatoms. The largest absolute Gasteiger partial charge is 0.492 e. The number of carbonyl (C=O) groups excluding carboxylic acids is 1. The van der Waals surface area contributed by atoms with Gasteiger partial charge >= 0.3 is 0 Å². The van der Waals surface area contributed by atoms with Crippen molar-refractivity contribution >= 4 is 56.4 Å². The molecule has 0 spiro atoms. The van der Waals surface area contributed by atoms with Crippen LogP contribution in [0.4, 0.5) is 17.1 Å². The molecule has 8 nitrogen and oxygen atoms in total. The number of amides is 1. The van der Waals surface area contributed by atoms with Gasteiger partial charge in [-0.1, -0.05) is 13.0 Å². The van der Waals surface area contributed by atoms with Crippen LogP contribution < -0.4 is 15.4 Å². The van der Waals surface area contributed by atoms with Crippen LogP contribution in [0.25, 0.3) is 21.8 Å². The molecule has 4 rings (SSSR count). The molecule has 0 fully saturated rings. The van der Waals surface area contributed by atoms with Crippen molar-refractivity contribution in [1.29, 1.82) is 5.26 Å². The van der Waals surface area contributed by atoms with Crippen LogP contribution >= 0.6 is 11.6 Å². The number of halogens is 1. The van der Waals surface area contributed by atoms with Crippen molar-refractivity contribution in [3.8, 4) is 11.8 Å². The molecular weight excluding hydrogens is 488 g/mol. The molecule has 2 heterocycles. The maximum atomic E-state index is 12.4. The van der Waals surface area contributed by atoms with E-state index in [0.717, 1.165) is 16.6 Å². The number of nitrogens with one attached hydrogen (secondary N) is 2. The van der Waals surface area contributed by atoms with Crippen molar-refractivity contribution in [2.75, 3.05) is 23.1 Å². The SMILES string of the molecule is CCOc1cc2nc(CC)c(C#N)c(Nc3ccc4c(cnn4C(C)C)c3)c2cc1NC(=O)/C=C/CCl. The highest BCUT2D eigenvalue weighted by atomic mass is 35.5. The summed E-state index contributed by atoms with van der Waals surface area (Å²) in [6.45, 7) is 8.43. The minimum Gasteiger partial charge on any atom is -0.492 e. The van der Waals surface area contributed by atoms with E-state index in [1.54, 1.807) is 18.2 Å². The van der Waals surface area contributed by atoms with Gasteiger partial charge in [-0.05, 0) is 51.5 Å².